The van der Waals surface area contributed by atoms with Crippen molar-refractivity contribution in [3.8, 4) is 6.07 Å². The predicted molar refractivity (Wildman–Crippen MR) is 91.2 cm³/mol. The quantitative estimate of drug-likeness (QED) is 0.810. The zero-order valence-corrected chi connectivity index (χ0v) is 15.3. The van der Waals surface area contributed by atoms with Gasteiger partial charge >= 0.3 is 6.18 Å². The van der Waals surface area contributed by atoms with Gasteiger partial charge in [-0.1, -0.05) is 0 Å². The van der Waals surface area contributed by atoms with Crippen LogP contribution in [0.25, 0.3) is 0 Å². The molecular formula is C17H18F3N3O3S. The second kappa shape index (κ2) is 6.12. The molecule has 3 rings (SSSR count). The number of fused-ring (bicyclic) bond motifs is 2. The van der Waals surface area contributed by atoms with Crippen molar-refractivity contribution in [2.75, 3.05) is 11.0 Å². The van der Waals surface area contributed by atoms with Crippen LogP contribution in [-0.4, -0.2) is 26.1 Å². The van der Waals surface area contributed by atoms with Gasteiger partial charge in [0.25, 0.3) is 5.91 Å². The summed E-state index contributed by atoms with van der Waals surface area (Å²) in [6.07, 6.45) is -0.980. The van der Waals surface area contributed by atoms with E-state index < -0.39 is 44.2 Å². The number of sulfonamides is 1. The van der Waals surface area contributed by atoms with Crippen LogP contribution in [-0.2, 0) is 16.2 Å². The Kier molecular flexibility index (Phi) is 4.42. The molecule has 0 aromatic heterocycles. The highest BCUT2D eigenvalue weighted by molar-refractivity contribution is 7.92. The van der Waals surface area contributed by atoms with E-state index in [4.69, 9.17) is 0 Å². The maximum absolute atomic E-state index is 13.0. The Morgan fingerprint density at radius 1 is 1.22 bits per heavy atom. The molecule has 2 aliphatic rings. The third-order valence-corrected chi connectivity index (χ3v) is 5.93. The first-order valence-corrected chi connectivity index (χ1v) is 10.2. The molecule has 0 atom stereocenters. The first-order chi connectivity index (χ1) is 12.4. The summed E-state index contributed by atoms with van der Waals surface area (Å²) >= 11 is 0. The minimum atomic E-state index is -4.67. The van der Waals surface area contributed by atoms with Gasteiger partial charge in [0.2, 0.25) is 10.0 Å². The SMILES string of the molecule is CS(=O)(=O)Nc1ccc(C(F)(F)F)cc1C(=O)NC12CCC(C#N)(CC1)C2. The van der Waals surface area contributed by atoms with Gasteiger partial charge in [0.15, 0.2) is 0 Å². The van der Waals surface area contributed by atoms with Crippen LogP contribution in [0.1, 0.15) is 48.0 Å². The van der Waals surface area contributed by atoms with Crippen molar-refractivity contribution in [2.45, 2.75) is 43.8 Å². The fraction of sp³-hybridized carbons (Fsp3) is 0.529. The molecule has 2 N–H and O–H groups in total. The topological polar surface area (TPSA) is 99.1 Å². The Labute approximate surface area is 154 Å². The maximum Gasteiger partial charge on any atom is 0.416 e. The van der Waals surface area contributed by atoms with Crippen LogP contribution in [0, 0.1) is 16.7 Å². The second-order valence-electron chi connectivity index (χ2n) is 7.44. The van der Waals surface area contributed by atoms with Crippen molar-refractivity contribution in [3.05, 3.63) is 29.3 Å². The number of anilines is 1. The van der Waals surface area contributed by atoms with Crippen molar-refractivity contribution >= 4 is 21.6 Å². The molecule has 6 nitrogen and oxygen atoms in total. The highest BCUT2D eigenvalue weighted by atomic mass is 32.2. The van der Waals surface area contributed by atoms with Gasteiger partial charge in [-0.2, -0.15) is 18.4 Å². The number of carbonyl (C=O) groups excluding carboxylic acids is 1. The molecule has 0 heterocycles. The number of nitrogens with one attached hydrogen (secondary N) is 2. The summed E-state index contributed by atoms with van der Waals surface area (Å²) in [5.74, 6) is -0.789. The molecule has 2 aliphatic carbocycles. The van der Waals surface area contributed by atoms with Crippen LogP contribution in [0.5, 0.6) is 0 Å². The fourth-order valence-electron chi connectivity index (χ4n) is 4.03. The Balaban J connectivity index is 1.94. The first kappa shape index (κ1) is 19.5. The van der Waals surface area contributed by atoms with Gasteiger partial charge in [0.05, 0.1) is 34.6 Å². The number of halogens is 3. The number of carbonyl (C=O) groups is 1. The average Bonchev–Trinajstić information content (AvgIpc) is 3.09. The van der Waals surface area contributed by atoms with Crippen LogP contribution in [0.3, 0.4) is 0 Å². The number of nitrogens with zero attached hydrogens (tertiary/aromatic N) is 1. The normalized spacial score (nSPS) is 27.2. The number of rotatable bonds is 4. The number of alkyl halides is 3. The lowest BCUT2D eigenvalue weighted by Gasteiger charge is -2.28. The molecule has 0 radical (unpaired) electrons. The van der Waals surface area contributed by atoms with E-state index in [-0.39, 0.29) is 5.69 Å². The molecule has 27 heavy (non-hydrogen) atoms. The largest absolute Gasteiger partial charge is 0.416 e. The van der Waals surface area contributed by atoms with Crippen LogP contribution in [0.15, 0.2) is 18.2 Å². The van der Waals surface area contributed by atoms with Gasteiger partial charge in [-0.15, -0.1) is 0 Å². The van der Waals surface area contributed by atoms with Crippen molar-refractivity contribution in [1.29, 1.82) is 5.26 Å². The van der Waals surface area contributed by atoms with Crippen molar-refractivity contribution < 1.29 is 26.4 Å². The molecule has 0 spiro atoms. The number of hydrogen-bond acceptors (Lipinski definition) is 4. The third-order valence-electron chi connectivity index (χ3n) is 5.34. The molecule has 0 unspecified atom stereocenters. The summed E-state index contributed by atoms with van der Waals surface area (Å²) in [7, 11) is -3.79. The van der Waals surface area contributed by atoms with Gasteiger partial charge in [0, 0.05) is 5.54 Å². The Morgan fingerprint density at radius 3 is 2.33 bits per heavy atom. The molecule has 2 fully saturated rings. The average molecular weight is 401 g/mol. The van der Waals surface area contributed by atoms with Gasteiger partial charge in [-0.3, -0.25) is 9.52 Å². The van der Waals surface area contributed by atoms with E-state index in [2.05, 4.69) is 16.1 Å². The standard InChI is InChI=1S/C17H18F3N3O3S/c1-27(25,26)23-13-3-2-11(17(18,19)20)8-12(13)14(24)22-16-6-4-15(9-16,10-21)5-7-16/h2-3,8,23H,4-7,9H2,1H3,(H,22,24). The zero-order valence-electron chi connectivity index (χ0n) is 14.5. The van der Waals surface area contributed by atoms with Crippen LogP contribution < -0.4 is 10.0 Å². The smallest absolute Gasteiger partial charge is 0.346 e. The monoisotopic (exact) mass is 401 g/mol. The molecule has 2 bridgehead atoms. The highest BCUT2D eigenvalue weighted by Crippen LogP contribution is 2.56. The van der Waals surface area contributed by atoms with Crippen LogP contribution in [0.4, 0.5) is 18.9 Å². The summed E-state index contributed by atoms with van der Waals surface area (Å²) in [4.78, 5) is 12.8. The molecule has 1 aromatic rings. The van der Waals surface area contributed by atoms with Gasteiger partial charge in [0.1, 0.15) is 0 Å². The van der Waals surface area contributed by atoms with Crippen molar-refractivity contribution in [2.24, 2.45) is 5.41 Å². The van der Waals surface area contributed by atoms with E-state index in [1.54, 1.807) is 0 Å². The Hall–Kier alpha value is -2.28. The van der Waals surface area contributed by atoms with Crippen LogP contribution >= 0.6 is 0 Å². The van der Waals surface area contributed by atoms with E-state index in [0.29, 0.717) is 44.2 Å². The second-order valence-corrected chi connectivity index (χ2v) is 9.18. The first-order valence-electron chi connectivity index (χ1n) is 8.30. The minimum Gasteiger partial charge on any atom is -0.346 e. The van der Waals surface area contributed by atoms with E-state index in [1.165, 1.54) is 0 Å². The van der Waals surface area contributed by atoms with Crippen molar-refractivity contribution in [1.82, 2.24) is 5.32 Å². The molecule has 2 saturated carbocycles. The highest BCUT2D eigenvalue weighted by Gasteiger charge is 2.55. The predicted octanol–water partition coefficient (Wildman–Crippen LogP) is 3.03. The lowest BCUT2D eigenvalue weighted by molar-refractivity contribution is -0.137. The summed E-state index contributed by atoms with van der Waals surface area (Å²) in [5, 5.41) is 12.1. The molecular weight excluding hydrogens is 383 g/mol. The molecule has 146 valence electrons. The van der Waals surface area contributed by atoms with Gasteiger partial charge in [-0.05, 0) is 50.3 Å². The van der Waals surface area contributed by atoms with E-state index in [9.17, 15) is 31.6 Å². The Morgan fingerprint density at radius 2 is 1.85 bits per heavy atom. The lowest BCUT2D eigenvalue weighted by atomic mass is 9.85. The lowest BCUT2D eigenvalue weighted by Crippen LogP contribution is -2.45. The molecule has 0 saturated heterocycles. The molecule has 10 heteroatoms. The number of benzene rings is 1. The summed E-state index contributed by atoms with van der Waals surface area (Å²) in [6.45, 7) is 0. The summed E-state index contributed by atoms with van der Waals surface area (Å²) < 4.78 is 64.2. The van der Waals surface area contributed by atoms with Crippen LogP contribution in [0.2, 0.25) is 0 Å². The van der Waals surface area contributed by atoms with Gasteiger partial charge in [-0.25, -0.2) is 8.42 Å². The van der Waals surface area contributed by atoms with E-state index in [0.717, 1.165) is 12.3 Å². The molecule has 0 aliphatic heterocycles. The molecule has 1 amide bonds. The fourth-order valence-corrected chi connectivity index (χ4v) is 4.61. The Bertz CT molecular complexity index is 927. The van der Waals surface area contributed by atoms with Crippen molar-refractivity contribution in [3.63, 3.8) is 0 Å². The summed E-state index contributed by atoms with van der Waals surface area (Å²) in [6, 6.07) is 4.57. The minimum absolute atomic E-state index is 0.220. The van der Waals surface area contributed by atoms with E-state index in [1.807, 2.05) is 0 Å². The zero-order chi connectivity index (χ0) is 20.1. The summed E-state index contributed by atoms with van der Waals surface area (Å²) in [5.41, 5.74) is -2.79. The van der Waals surface area contributed by atoms with E-state index >= 15 is 0 Å². The number of amides is 1. The van der Waals surface area contributed by atoms with Gasteiger partial charge < -0.3 is 5.32 Å². The number of hydrogen-bond donors (Lipinski definition) is 2. The number of nitriles is 1. The molecule has 1 aromatic carbocycles. The maximum atomic E-state index is 13.0. The third kappa shape index (κ3) is 3.88.